The molecule has 1 aliphatic heterocycles. The first-order valence-corrected chi connectivity index (χ1v) is 16.6. The monoisotopic (exact) mass is 636 g/mol. The van der Waals surface area contributed by atoms with Crippen LogP contribution in [0, 0.1) is 22.7 Å². The van der Waals surface area contributed by atoms with Gasteiger partial charge >= 0.3 is 19.1 Å². The Labute approximate surface area is 260 Å². The molecule has 2 N–H and O–H groups in total. The van der Waals surface area contributed by atoms with Gasteiger partial charge in [0.25, 0.3) is 0 Å². The lowest BCUT2D eigenvalue weighted by atomic mass is 9.43. The van der Waals surface area contributed by atoms with Crippen LogP contribution in [0.3, 0.4) is 0 Å². The summed E-state index contributed by atoms with van der Waals surface area (Å²) >= 11 is 0. The van der Waals surface area contributed by atoms with Crippen LogP contribution in [0.1, 0.15) is 76.7 Å². The minimum atomic E-state index is -3.59. The molecular formula is C30H45BN2O10S. The third-order valence-electron chi connectivity index (χ3n) is 9.51. The molecule has 1 saturated heterocycles. The number of hydrogen-bond donors (Lipinski definition) is 2. The second-order valence-electron chi connectivity index (χ2n) is 13.7. The van der Waals surface area contributed by atoms with Gasteiger partial charge in [0.15, 0.2) is 0 Å². The summed E-state index contributed by atoms with van der Waals surface area (Å²) in [6, 6.07) is 4.94. The summed E-state index contributed by atoms with van der Waals surface area (Å²) in [6.07, 6.45) is 1.65. The fourth-order valence-corrected chi connectivity index (χ4v) is 7.37. The van der Waals surface area contributed by atoms with Gasteiger partial charge in [0, 0.05) is 6.42 Å². The Morgan fingerprint density at radius 1 is 1.14 bits per heavy atom. The van der Waals surface area contributed by atoms with Crippen molar-refractivity contribution in [3.63, 3.8) is 0 Å². The summed E-state index contributed by atoms with van der Waals surface area (Å²) < 4.78 is 55.2. The molecule has 5 rings (SSSR count). The number of ether oxygens (including phenoxy) is 3. The van der Waals surface area contributed by atoms with Gasteiger partial charge in [-0.05, 0) is 82.9 Å². The van der Waals surface area contributed by atoms with Crippen molar-refractivity contribution in [1.82, 2.24) is 10.0 Å². The molecule has 44 heavy (non-hydrogen) atoms. The zero-order valence-electron chi connectivity index (χ0n) is 26.9. The Bertz CT molecular complexity index is 1380. The first kappa shape index (κ1) is 34.2. The van der Waals surface area contributed by atoms with Gasteiger partial charge in [-0.3, -0.25) is 9.59 Å². The van der Waals surface area contributed by atoms with Crippen LogP contribution in [-0.2, 0) is 44.8 Å². The van der Waals surface area contributed by atoms with Gasteiger partial charge in [0.2, 0.25) is 22.7 Å². The third-order valence-corrected chi connectivity index (χ3v) is 10.9. The predicted molar refractivity (Wildman–Crippen MR) is 162 cm³/mol. The molecule has 0 spiro atoms. The van der Waals surface area contributed by atoms with Crippen LogP contribution in [0.25, 0.3) is 0 Å². The van der Waals surface area contributed by atoms with Gasteiger partial charge in [-0.25, -0.2) is 17.9 Å². The number of amides is 1. The van der Waals surface area contributed by atoms with Gasteiger partial charge in [-0.15, -0.1) is 0 Å². The van der Waals surface area contributed by atoms with Crippen LogP contribution in [0.4, 0.5) is 0 Å². The molecule has 2 bridgehead atoms. The lowest BCUT2D eigenvalue weighted by Crippen LogP contribution is -2.65. The number of methoxy groups -OCH3 is 1. The Morgan fingerprint density at radius 3 is 2.45 bits per heavy atom. The minimum absolute atomic E-state index is 0.110. The summed E-state index contributed by atoms with van der Waals surface area (Å²) in [5.74, 6) is -1.81. The number of nitrogens with one attached hydrogen (secondary N) is 2. The molecule has 0 radical (unpaired) electrons. The maximum atomic E-state index is 13.0. The van der Waals surface area contributed by atoms with Crippen LogP contribution in [-0.4, -0.2) is 77.7 Å². The van der Waals surface area contributed by atoms with Crippen molar-refractivity contribution in [3.8, 4) is 5.75 Å². The van der Waals surface area contributed by atoms with Gasteiger partial charge in [0.1, 0.15) is 11.3 Å². The van der Waals surface area contributed by atoms with Crippen LogP contribution < -0.4 is 14.8 Å². The zero-order chi connectivity index (χ0) is 32.7. The maximum Gasteiger partial charge on any atom is 0.482 e. The van der Waals surface area contributed by atoms with Crippen molar-refractivity contribution in [3.05, 3.63) is 29.3 Å². The third kappa shape index (κ3) is 6.93. The molecule has 12 nitrogen and oxygen atoms in total. The maximum absolute atomic E-state index is 13.0. The molecule has 0 aromatic heterocycles. The van der Waals surface area contributed by atoms with E-state index >= 15 is 0 Å². The second-order valence-corrected chi connectivity index (χ2v) is 15.8. The highest BCUT2D eigenvalue weighted by atomic mass is 32.2. The number of esters is 2. The number of benzene rings is 1. The zero-order valence-corrected chi connectivity index (χ0v) is 27.7. The van der Waals surface area contributed by atoms with Gasteiger partial charge < -0.3 is 28.8 Å². The molecule has 1 aromatic carbocycles. The van der Waals surface area contributed by atoms with Gasteiger partial charge in [-0.1, -0.05) is 26.0 Å². The average molecular weight is 637 g/mol. The number of hydrogen-bond acceptors (Lipinski definition) is 10. The van der Waals surface area contributed by atoms with Gasteiger partial charge in [-0.2, -0.15) is 0 Å². The van der Waals surface area contributed by atoms with E-state index in [4.69, 9.17) is 23.5 Å². The van der Waals surface area contributed by atoms with E-state index in [1.54, 1.807) is 32.9 Å². The minimum Gasteiger partial charge on any atom is -0.496 e. The van der Waals surface area contributed by atoms with E-state index in [0.717, 1.165) is 12.8 Å². The molecule has 1 amide bonds. The van der Waals surface area contributed by atoms with E-state index in [9.17, 15) is 22.8 Å². The quantitative estimate of drug-likeness (QED) is 0.199. The number of para-hydroxylation sites is 1. The fraction of sp³-hybridized carbons (Fsp3) is 0.700. The topological polar surface area (TPSA) is 156 Å². The molecule has 4 fully saturated rings. The Morgan fingerprint density at radius 2 is 1.84 bits per heavy atom. The van der Waals surface area contributed by atoms with E-state index in [-0.39, 0.29) is 41.4 Å². The summed E-state index contributed by atoms with van der Waals surface area (Å²) in [4.78, 5) is 38.1. The highest BCUT2D eigenvalue weighted by Gasteiger charge is 2.68. The fourth-order valence-electron chi connectivity index (χ4n) is 6.71. The first-order valence-electron chi connectivity index (χ1n) is 15.0. The number of sulfonamides is 1. The highest BCUT2D eigenvalue weighted by Crippen LogP contribution is 2.65. The van der Waals surface area contributed by atoms with Crippen molar-refractivity contribution in [2.75, 3.05) is 26.7 Å². The average Bonchev–Trinajstić information content (AvgIpc) is 3.32. The van der Waals surface area contributed by atoms with Crippen molar-refractivity contribution in [2.24, 2.45) is 22.7 Å². The lowest BCUT2D eigenvalue weighted by Gasteiger charge is -2.64. The van der Waals surface area contributed by atoms with Crippen LogP contribution in [0.2, 0.25) is 0 Å². The Hall–Kier alpha value is -2.68. The van der Waals surface area contributed by atoms with E-state index < -0.39 is 58.7 Å². The van der Waals surface area contributed by atoms with Gasteiger partial charge in [0.05, 0.1) is 35.9 Å². The van der Waals surface area contributed by atoms with Crippen LogP contribution in [0.15, 0.2) is 18.2 Å². The standard InChI is InChI=1S/C30H45BN2O10S/c1-28(2,3)27(36)41-17-40-26(35)20-11-9-10-18(25(20)39-8)14-23(33-24(34)12-13-44(37,38)32-7)31-42-22-16-19-15-21(29(19,4)5)30(22,6)43-31/h9-11,19,21-23,32H,12-17H2,1-8H3,(H,33,34). The van der Waals surface area contributed by atoms with Crippen molar-refractivity contribution >= 4 is 35.0 Å². The smallest absolute Gasteiger partial charge is 0.482 e. The predicted octanol–water partition coefficient (Wildman–Crippen LogP) is 2.63. The second kappa shape index (κ2) is 12.6. The molecule has 3 aliphatic carbocycles. The SMILES string of the molecule is CNS(=O)(=O)CCC(=O)NC(Cc1cccc(C(=O)OCOC(=O)C(C)(C)C)c1OC)B1OC2CC3CC(C3(C)C)C2(C)O1. The summed E-state index contributed by atoms with van der Waals surface area (Å²) in [6.45, 7) is 11.1. The number of carbonyl (C=O) groups excluding carboxylic acids is 3. The molecule has 3 saturated carbocycles. The normalized spacial score (nSPS) is 26.2. The molecular weight excluding hydrogens is 591 g/mol. The lowest BCUT2D eigenvalue weighted by molar-refractivity contribution is -0.199. The molecule has 4 aliphatic rings. The summed E-state index contributed by atoms with van der Waals surface area (Å²) in [5, 5.41) is 2.93. The van der Waals surface area contributed by atoms with Crippen LogP contribution >= 0.6 is 0 Å². The first-order chi connectivity index (χ1) is 20.4. The van der Waals surface area contributed by atoms with Crippen LogP contribution in [0.5, 0.6) is 5.75 Å². The molecule has 5 atom stereocenters. The molecule has 5 unspecified atom stereocenters. The number of carbonyl (C=O) groups is 3. The van der Waals surface area contributed by atoms with Crippen molar-refractivity contribution in [2.45, 2.75) is 84.9 Å². The summed E-state index contributed by atoms with van der Waals surface area (Å²) in [5.41, 5.74) is -0.502. The molecule has 244 valence electrons. The van der Waals surface area contributed by atoms with Crippen molar-refractivity contribution in [1.29, 1.82) is 0 Å². The van der Waals surface area contributed by atoms with E-state index in [0.29, 0.717) is 17.4 Å². The molecule has 1 heterocycles. The van der Waals surface area contributed by atoms with Crippen molar-refractivity contribution < 1.29 is 46.3 Å². The Kier molecular flexibility index (Phi) is 9.80. The van der Waals surface area contributed by atoms with E-state index in [1.165, 1.54) is 20.2 Å². The highest BCUT2D eigenvalue weighted by molar-refractivity contribution is 7.89. The molecule has 1 aromatic rings. The largest absolute Gasteiger partial charge is 0.496 e. The summed E-state index contributed by atoms with van der Waals surface area (Å²) in [7, 11) is -1.70. The van der Waals surface area contributed by atoms with E-state index in [2.05, 4.69) is 30.8 Å². The number of rotatable bonds is 12. The van der Waals surface area contributed by atoms with E-state index in [1.807, 2.05) is 0 Å². The molecule has 14 heteroatoms. The Balaban J connectivity index is 1.55.